The van der Waals surface area contributed by atoms with Crippen LogP contribution in [0.5, 0.6) is 0 Å². The van der Waals surface area contributed by atoms with Crippen molar-refractivity contribution in [1.29, 1.82) is 5.26 Å². The van der Waals surface area contributed by atoms with Gasteiger partial charge in [0.25, 0.3) is 0 Å². The van der Waals surface area contributed by atoms with Crippen molar-refractivity contribution in [2.45, 2.75) is 13.8 Å². The number of aromatic nitrogens is 2. The summed E-state index contributed by atoms with van der Waals surface area (Å²) in [7, 11) is 0. The molecule has 4 nitrogen and oxygen atoms in total. The van der Waals surface area contributed by atoms with Gasteiger partial charge in [-0.15, -0.1) is 5.10 Å². The smallest absolute Gasteiger partial charge is 0.171 e. The van der Waals surface area contributed by atoms with E-state index in [0.29, 0.717) is 11.4 Å². The van der Waals surface area contributed by atoms with Crippen LogP contribution in [0.1, 0.15) is 16.7 Å². The summed E-state index contributed by atoms with van der Waals surface area (Å²) in [5, 5.41) is 19.8. The Kier molecular flexibility index (Phi) is 3.58. The molecule has 0 atom stereocenters. The number of hydrogen-bond acceptors (Lipinski definition) is 4. The number of rotatable bonds is 2. The van der Waals surface area contributed by atoms with Gasteiger partial charge >= 0.3 is 0 Å². The lowest BCUT2D eigenvalue weighted by Gasteiger charge is -2.10. The summed E-state index contributed by atoms with van der Waals surface area (Å²) >= 11 is 3.52. The predicted molar refractivity (Wildman–Crippen MR) is 73.6 cm³/mol. The number of anilines is 2. The van der Waals surface area contributed by atoms with Crippen LogP contribution in [0.4, 0.5) is 11.5 Å². The maximum Gasteiger partial charge on any atom is 0.171 e. The van der Waals surface area contributed by atoms with Crippen LogP contribution < -0.4 is 5.32 Å². The molecule has 0 amide bonds. The standard InChI is InChI=1S/C13H11BrN4/c1-8-5-11(6-9(2)12(8)14)17-13-10(7-15)3-4-16-18-13/h3-6H,1-2H3,(H,17,18). The third-order valence-electron chi connectivity index (χ3n) is 2.54. The van der Waals surface area contributed by atoms with Crippen molar-refractivity contribution in [1.82, 2.24) is 10.2 Å². The van der Waals surface area contributed by atoms with Crippen molar-refractivity contribution >= 4 is 27.4 Å². The lowest BCUT2D eigenvalue weighted by atomic mass is 10.1. The summed E-state index contributed by atoms with van der Waals surface area (Å²) in [6.45, 7) is 4.04. The molecule has 0 bridgehead atoms. The van der Waals surface area contributed by atoms with E-state index in [0.717, 1.165) is 21.3 Å². The Labute approximate surface area is 114 Å². The number of aryl methyl sites for hydroxylation is 2. The van der Waals surface area contributed by atoms with E-state index in [9.17, 15) is 0 Å². The second-order valence-electron chi connectivity index (χ2n) is 3.95. The topological polar surface area (TPSA) is 61.6 Å². The van der Waals surface area contributed by atoms with E-state index < -0.39 is 0 Å². The third kappa shape index (κ3) is 2.49. The zero-order chi connectivity index (χ0) is 13.1. The van der Waals surface area contributed by atoms with Gasteiger partial charge in [-0.1, -0.05) is 15.9 Å². The molecule has 0 fully saturated rings. The molecule has 0 saturated carbocycles. The van der Waals surface area contributed by atoms with Crippen LogP contribution in [0.25, 0.3) is 0 Å². The summed E-state index contributed by atoms with van der Waals surface area (Å²) in [5.41, 5.74) is 3.62. The van der Waals surface area contributed by atoms with Gasteiger partial charge < -0.3 is 5.32 Å². The highest BCUT2D eigenvalue weighted by Gasteiger charge is 2.06. The van der Waals surface area contributed by atoms with Crippen LogP contribution in [0, 0.1) is 25.2 Å². The Morgan fingerprint density at radius 3 is 2.56 bits per heavy atom. The number of benzene rings is 1. The van der Waals surface area contributed by atoms with Crippen molar-refractivity contribution in [3.63, 3.8) is 0 Å². The van der Waals surface area contributed by atoms with Gasteiger partial charge in [-0.05, 0) is 43.2 Å². The first-order chi connectivity index (χ1) is 8.61. The number of halogens is 1. The summed E-state index contributed by atoms with van der Waals surface area (Å²) in [4.78, 5) is 0. The number of nitrogens with one attached hydrogen (secondary N) is 1. The normalized spacial score (nSPS) is 9.89. The fourth-order valence-electron chi connectivity index (χ4n) is 1.67. The first-order valence-corrected chi connectivity index (χ1v) is 6.16. The van der Waals surface area contributed by atoms with Crippen LogP contribution >= 0.6 is 15.9 Å². The molecule has 1 N–H and O–H groups in total. The van der Waals surface area contributed by atoms with Gasteiger partial charge in [-0.25, -0.2) is 0 Å². The fourth-order valence-corrected chi connectivity index (χ4v) is 1.90. The van der Waals surface area contributed by atoms with Gasteiger partial charge in [-0.2, -0.15) is 10.4 Å². The van der Waals surface area contributed by atoms with Crippen LogP contribution in [0.15, 0.2) is 28.9 Å². The Bertz CT molecular complexity index is 608. The van der Waals surface area contributed by atoms with Crippen LogP contribution in [0.3, 0.4) is 0 Å². The number of nitrogens with zero attached hydrogens (tertiary/aromatic N) is 3. The molecular weight excluding hydrogens is 292 g/mol. The van der Waals surface area contributed by atoms with Gasteiger partial charge in [-0.3, -0.25) is 0 Å². The molecule has 0 unspecified atom stereocenters. The average Bonchev–Trinajstić information content (AvgIpc) is 2.36. The van der Waals surface area contributed by atoms with E-state index in [4.69, 9.17) is 5.26 Å². The molecule has 1 aromatic carbocycles. The quantitative estimate of drug-likeness (QED) is 0.922. The van der Waals surface area contributed by atoms with E-state index in [1.165, 1.54) is 6.20 Å². The van der Waals surface area contributed by atoms with Gasteiger partial charge in [0.2, 0.25) is 0 Å². The van der Waals surface area contributed by atoms with Crippen LogP contribution in [-0.2, 0) is 0 Å². The highest BCUT2D eigenvalue weighted by Crippen LogP contribution is 2.27. The maximum atomic E-state index is 8.98. The molecule has 2 aromatic rings. The lowest BCUT2D eigenvalue weighted by Crippen LogP contribution is -1.99. The van der Waals surface area contributed by atoms with E-state index in [-0.39, 0.29) is 0 Å². The van der Waals surface area contributed by atoms with Crippen molar-refractivity contribution in [3.8, 4) is 6.07 Å². The monoisotopic (exact) mass is 302 g/mol. The Hall–Kier alpha value is -1.93. The van der Waals surface area contributed by atoms with Gasteiger partial charge in [0.15, 0.2) is 5.82 Å². The highest BCUT2D eigenvalue weighted by molar-refractivity contribution is 9.10. The predicted octanol–water partition coefficient (Wildman–Crippen LogP) is 3.47. The minimum absolute atomic E-state index is 0.473. The van der Waals surface area contributed by atoms with E-state index >= 15 is 0 Å². The Balaban J connectivity index is 2.38. The van der Waals surface area contributed by atoms with Crippen molar-refractivity contribution in [2.24, 2.45) is 0 Å². The van der Waals surface area contributed by atoms with Gasteiger partial charge in [0.1, 0.15) is 6.07 Å². The third-order valence-corrected chi connectivity index (χ3v) is 3.79. The molecule has 0 spiro atoms. The summed E-state index contributed by atoms with van der Waals surface area (Å²) in [6.07, 6.45) is 1.50. The van der Waals surface area contributed by atoms with Crippen molar-refractivity contribution < 1.29 is 0 Å². The highest BCUT2D eigenvalue weighted by atomic mass is 79.9. The summed E-state index contributed by atoms with van der Waals surface area (Å²) in [5.74, 6) is 0.473. The number of hydrogen-bond donors (Lipinski definition) is 1. The fraction of sp³-hybridized carbons (Fsp3) is 0.154. The Morgan fingerprint density at radius 1 is 1.28 bits per heavy atom. The first kappa shape index (κ1) is 12.5. The average molecular weight is 303 g/mol. The first-order valence-electron chi connectivity index (χ1n) is 5.37. The molecule has 0 aliphatic carbocycles. The molecule has 90 valence electrons. The molecule has 1 aromatic heterocycles. The van der Waals surface area contributed by atoms with Crippen LogP contribution in [-0.4, -0.2) is 10.2 Å². The Morgan fingerprint density at radius 2 is 1.94 bits per heavy atom. The largest absolute Gasteiger partial charge is 0.338 e. The zero-order valence-corrected chi connectivity index (χ0v) is 11.6. The van der Waals surface area contributed by atoms with E-state index in [1.54, 1.807) is 6.07 Å². The van der Waals surface area contributed by atoms with Crippen molar-refractivity contribution in [2.75, 3.05) is 5.32 Å². The molecule has 18 heavy (non-hydrogen) atoms. The van der Waals surface area contributed by atoms with E-state index in [2.05, 4.69) is 37.5 Å². The molecule has 0 saturated heterocycles. The maximum absolute atomic E-state index is 8.98. The lowest BCUT2D eigenvalue weighted by molar-refractivity contribution is 1.03. The van der Waals surface area contributed by atoms with Gasteiger partial charge in [0, 0.05) is 10.2 Å². The molecular formula is C13H11BrN4. The van der Waals surface area contributed by atoms with Crippen LogP contribution in [0.2, 0.25) is 0 Å². The second-order valence-corrected chi connectivity index (χ2v) is 4.75. The SMILES string of the molecule is Cc1cc(Nc2nnccc2C#N)cc(C)c1Br. The molecule has 0 radical (unpaired) electrons. The zero-order valence-electron chi connectivity index (χ0n) is 10.0. The minimum Gasteiger partial charge on any atom is -0.338 e. The molecule has 0 aliphatic heterocycles. The molecule has 1 heterocycles. The van der Waals surface area contributed by atoms with Crippen molar-refractivity contribution in [3.05, 3.63) is 45.6 Å². The van der Waals surface area contributed by atoms with E-state index in [1.807, 2.05) is 26.0 Å². The number of nitriles is 1. The van der Waals surface area contributed by atoms with Gasteiger partial charge in [0.05, 0.1) is 11.8 Å². The summed E-state index contributed by atoms with van der Waals surface area (Å²) in [6, 6.07) is 7.70. The molecule has 2 rings (SSSR count). The second kappa shape index (κ2) is 5.15. The molecule has 0 aliphatic rings. The summed E-state index contributed by atoms with van der Waals surface area (Å²) < 4.78 is 1.09. The molecule has 5 heteroatoms. The minimum atomic E-state index is 0.473.